The number of carbonyl (C=O) groups is 4. The Balaban J connectivity index is -0.000000163. The fourth-order valence-electron chi connectivity index (χ4n) is 2.91. The number of carbonyl (C=O) groups excluding carboxylic acids is 4. The number of Topliss-reactive ketones (excluding diaryl/α,β-unsaturated/α-hetero) is 2. The van der Waals surface area contributed by atoms with Crippen molar-refractivity contribution in [1.29, 1.82) is 0 Å². The molecule has 13 heteroatoms. The maximum atomic E-state index is 11.3. The van der Waals surface area contributed by atoms with Gasteiger partial charge in [-0.2, -0.15) is 0 Å². The molecule has 0 saturated heterocycles. The Morgan fingerprint density at radius 2 is 0.865 bits per heavy atom. The zero-order chi connectivity index (χ0) is 24.3. The van der Waals surface area contributed by atoms with Gasteiger partial charge < -0.3 is 42.8 Å². The zero-order valence-corrected chi connectivity index (χ0v) is 24.1. The van der Waals surface area contributed by atoms with E-state index >= 15 is 0 Å². The second-order valence-electron chi connectivity index (χ2n) is 6.65. The third-order valence-electron chi connectivity index (χ3n) is 4.21. The number of rotatable bonds is 8. The summed E-state index contributed by atoms with van der Waals surface area (Å²) in [7, 11) is 0. The average molecular weight is 576 g/mol. The molecule has 0 bridgehead atoms. The maximum Gasteiger partial charge on any atom is 2.00 e. The number of nitrogens with one attached hydrogen (secondary N) is 2. The minimum absolute atomic E-state index is 0. The third kappa shape index (κ3) is 13.8. The molecule has 0 aliphatic carbocycles. The largest absolute Gasteiger partial charge is 2.00 e. The third-order valence-corrected chi connectivity index (χ3v) is 4.21. The molecular weight excluding hydrogens is 542 g/mol. The van der Waals surface area contributed by atoms with Gasteiger partial charge in [0, 0.05) is 22.5 Å². The summed E-state index contributed by atoms with van der Waals surface area (Å²) in [4.78, 5) is 42.9. The van der Waals surface area contributed by atoms with Gasteiger partial charge >= 0.3 is 19.5 Å². The minimum Gasteiger partial charge on any atom is -0.875 e. The van der Waals surface area contributed by atoms with Gasteiger partial charge in [0.25, 0.3) is 0 Å². The van der Waals surface area contributed by atoms with Crippen LogP contribution >= 0.6 is 0 Å². The average Bonchev–Trinajstić information content (AvgIpc) is 2.71. The fraction of sp³-hybridized carbons (Fsp3) is 0.167. The SMILES string of the molecule is CC(=O)/C(=C(/C)[O-])c1ccc(NC=O)cc1.CC(=O)/C(=C(/C)[O-])c1ccc(NC=O)cc1.O.O.[OH3+].[OH3+].[Zn+2]. The zero-order valence-electron chi connectivity index (χ0n) is 21.1. The molecule has 200 valence electrons. The van der Waals surface area contributed by atoms with Crippen molar-refractivity contribution in [2.45, 2.75) is 27.7 Å². The molecular formula is C24H34N2O10Zn+2. The monoisotopic (exact) mass is 574 g/mol. The van der Waals surface area contributed by atoms with E-state index in [0.717, 1.165) is 0 Å². The molecule has 0 radical (unpaired) electrons. The molecule has 12 nitrogen and oxygen atoms in total. The predicted molar refractivity (Wildman–Crippen MR) is 136 cm³/mol. The van der Waals surface area contributed by atoms with Crippen molar-refractivity contribution in [3.05, 3.63) is 71.2 Å². The second-order valence-corrected chi connectivity index (χ2v) is 6.65. The van der Waals surface area contributed by atoms with Crippen LogP contribution in [0.3, 0.4) is 0 Å². The Bertz CT molecular complexity index is 957. The number of anilines is 2. The van der Waals surface area contributed by atoms with E-state index in [-0.39, 0.29) is 75.6 Å². The first-order chi connectivity index (χ1) is 15.1. The predicted octanol–water partition coefficient (Wildman–Crippen LogP) is -1.63. The Labute approximate surface area is 227 Å². The van der Waals surface area contributed by atoms with Gasteiger partial charge in [0.05, 0.1) is 0 Å². The normalized spacial score (nSPS) is 10.1. The summed E-state index contributed by atoms with van der Waals surface area (Å²) in [6, 6.07) is 13.1. The van der Waals surface area contributed by atoms with Crippen molar-refractivity contribution in [2.24, 2.45) is 0 Å². The first kappa shape index (κ1) is 43.3. The molecule has 0 heterocycles. The second kappa shape index (κ2) is 21.5. The Hall–Kier alpha value is -3.74. The van der Waals surface area contributed by atoms with Crippen molar-refractivity contribution >= 4 is 46.9 Å². The van der Waals surface area contributed by atoms with Crippen LogP contribution in [0.15, 0.2) is 60.0 Å². The van der Waals surface area contributed by atoms with Gasteiger partial charge in [-0.25, -0.2) is 0 Å². The van der Waals surface area contributed by atoms with Crippen LogP contribution in [0.2, 0.25) is 0 Å². The Kier molecular flexibility index (Phi) is 25.2. The van der Waals surface area contributed by atoms with Crippen LogP contribution in [0.1, 0.15) is 38.8 Å². The van der Waals surface area contributed by atoms with E-state index in [1.165, 1.54) is 27.7 Å². The fourth-order valence-corrected chi connectivity index (χ4v) is 2.91. The first-order valence-corrected chi connectivity index (χ1v) is 9.51. The number of benzene rings is 2. The van der Waals surface area contributed by atoms with Crippen molar-refractivity contribution in [3.8, 4) is 0 Å². The first-order valence-electron chi connectivity index (χ1n) is 9.51. The van der Waals surface area contributed by atoms with Crippen molar-refractivity contribution in [1.82, 2.24) is 0 Å². The van der Waals surface area contributed by atoms with Crippen LogP contribution in [-0.4, -0.2) is 35.3 Å². The summed E-state index contributed by atoms with van der Waals surface area (Å²) in [6.07, 6.45) is 1.13. The summed E-state index contributed by atoms with van der Waals surface area (Å²) < 4.78 is 0. The molecule has 0 aromatic heterocycles. The van der Waals surface area contributed by atoms with Gasteiger partial charge in [0.2, 0.25) is 12.8 Å². The van der Waals surface area contributed by atoms with Crippen LogP contribution in [0.25, 0.3) is 11.1 Å². The molecule has 37 heavy (non-hydrogen) atoms. The summed E-state index contributed by atoms with van der Waals surface area (Å²) in [5, 5.41) is 27.5. The summed E-state index contributed by atoms with van der Waals surface area (Å²) in [5.41, 5.74) is 2.72. The van der Waals surface area contributed by atoms with Crippen molar-refractivity contribution in [2.75, 3.05) is 10.6 Å². The molecule has 0 aliphatic heterocycles. The quantitative estimate of drug-likeness (QED) is 0.122. The van der Waals surface area contributed by atoms with Crippen LogP contribution in [0, 0.1) is 0 Å². The molecule has 0 aliphatic rings. The van der Waals surface area contributed by atoms with Crippen LogP contribution < -0.4 is 20.8 Å². The number of hydrogen-bond acceptors (Lipinski definition) is 6. The van der Waals surface area contributed by atoms with Crippen LogP contribution in [-0.2, 0) is 49.6 Å². The van der Waals surface area contributed by atoms with Gasteiger partial charge in [-0.05, 0) is 49.2 Å². The maximum absolute atomic E-state index is 11.3. The van der Waals surface area contributed by atoms with Gasteiger partial charge in [0.1, 0.15) is 0 Å². The number of ketones is 2. The number of allylic oxidation sites excluding steroid dienone is 4. The van der Waals surface area contributed by atoms with Crippen LogP contribution in [0.5, 0.6) is 0 Å². The van der Waals surface area contributed by atoms with Gasteiger partial charge in [-0.3, -0.25) is 19.2 Å². The summed E-state index contributed by atoms with van der Waals surface area (Å²) >= 11 is 0. The summed E-state index contributed by atoms with van der Waals surface area (Å²) in [5.74, 6) is -1.04. The van der Waals surface area contributed by atoms with Gasteiger partial charge in [-0.15, -0.1) is 11.5 Å². The minimum atomic E-state index is -0.261. The number of hydrogen-bond donors (Lipinski definition) is 2. The summed E-state index contributed by atoms with van der Waals surface area (Å²) in [6.45, 7) is 5.42. The Morgan fingerprint density at radius 1 is 0.622 bits per heavy atom. The standard InChI is InChI=1S/2C12H13NO3.4H2O.Zn/c2*1-8(15)12(9(2)16)10-3-5-11(6-4-10)13-7-14;;;;;/h2*3-7,15H,1-2H3,(H,13,14);4*1H2;/q;;;;;;+2/b2*12-8+;;;;;. The molecule has 12 N–H and O–H groups in total. The molecule has 2 rings (SSSR count). The van der Waals surface area contributed by atoms with E-state index < -0.39 is 0 Å². The smallest absolute Gasteiger partial charge is 0.875 e. The molecule has 2 amide bonds. The topological polar surface area (TPSA) is 267 Å². The van der Waals surface area contributed by atoms with Crippen molar-refractivity contribution < 1.29 is 70.8 Å². The van der Waals surface area contributed by atoms with Gasteiger partial charge in [-0.1, -0.05) is 38.1 Å². The van der Waals surface area contributed by atoms with Crippen LogP contribution in [0.4, 0.5) is 11.4 Å². The van der Waals surface area contributed by atoms with Crippen molar-refractivity contribution in [3.63, 3.8) is 0 Å². The molecule has 0 spiro atoms. The van der Waals surface area contributed by atoms with E-state index in [2.05, 4.69) is 10.6 Å². The molecule has 2 aromatic rings. The Morgan fingerprint density at radius 3 is 1.03 bits per heavy atom. The molecule has 0 fully saturated rings. The van der Waals surface area contributed by atoms with E-state index in [1.807, 2.05) is 0 Å². The number of amides is 2. The van der Waals surface area contributed by atoms with E-state index in [1.54, 1.807) is 48.5 Å². The molecule has 0 unspecified atom stereocenters. The van der Waals surface area contributed by atoms with E-state index in [4.69, 9.17) is 0 Å². The molecule has 0 atom stereocenters. The molecule has 2 aromatic carbocycles. The van der Waals surface area contributed by atoms with E-state index in [9.17, 15) is 29.4 Å². The molecule has 0 saturated carbocycles. The van der Waals surface area contributed by atoms with Gasteiger partial charge in [0.15, 0.2) is 11.6 Å². The van der Waals surface area contributed by atoms with E-state index in [0.29, 0.717) is 35.3 Å².